The summed E-state index contributed by atoms with van der Waals surface area (Å²) in [6.07, 6.45) is 0.916. The molecular formula is C12H24N4O2. The van der Waals surface area contributed by atoms with Gasteiger partial charge in [-0.1, -0.05) is 13.8 Å². The number of imide groups is 1. The molecule has 1 saturated heterocycles. The van der Waals surface area contributed by atoms with E-state index in [9.17, 15) is 9.59 Å². The molecule has 1 aliphatic rings. The van der Waals surface area contributed by atoms with Crippen molar-refractivity contribution in [3.63, 3.8) is 0 Å². The number of urea groups is 1. The molecule has 0 atom stereocenters. The van der Waals surface area contributed by atoms with E-state index in [0.29, 0.717) is 19.0 Å². The second-order valence-corrected chi connectivity index (χ2v) is 5.01. The molecule has 0 saturated carbocycles. The highest BCUT2D eigenvalue weighted by Gasteiger charge is 2.14. The minimum absolute atomic E-state index is 0.237. The fraction of sp³-hybridized carbons (Fsp3) is 0.833. The molecule has 0 aromatic carbocycles. The van der Waals surface area contributed by atoms with E-state index in [4.69, 9.17) is 0 Å². The summed E-state index contributed by atoms with van der Waals surface area (Å²) < 4.78 is 0. The number of carbonyl (C=O) groups is 2. The molecule has 0 unspecified atom stereocenters. The third kappa shape index (κ3) is 6.56. The first-order valence-electron chi connectivity index (χ1n) is 6.58. The molecule has 0 aromatic heterocycles. The molecule has 0 bridgehead atoms. The van der Waals surface area contributed by atoms with E-state index >= 15 is 0 Å². The maximum absolute atomic E-state index is 11.6. The fourth-order valence-electron chi connectivity index (χ4n) is 1.76. The largest absolute Gasteiger partial charge is 0.338 e. The summed E-state index contributed by atoms with van der Waals surface area (Å²) in [6, 6.07) is -0.393. The van der Waals surface area contributed by atoms with Crippen molar-refractivity contribution in [3.05, 3.63) is 0 Å². The van der Waals surface area contributed by atoms with Gasteiger partial charge in [0.1, 0.15) is 0 Å². The van der Waals surface area contributed by atoms with Gasteiger partial charge in [-0.2, -0.15) is 0 Å². The van der Waals surface area contributed by atoms with Crippen LogP contribution < -0.4 is 16.0 Å². The Balaban J connectivity index is 2.12. The lowest BCUT2D eigenvalue weighted by molar-refractivity contribution is -0.121. The van der Waals surface area contributed by atoms with Crippen LogP contribution in [0.25, 0.3) is 0 Å². The normalized spacial score (nSPS) is 16.6. The minimum Gasteiger partial charge on any atom is -0.338 e. The molecule has 3 N–H and O–H groups in total. The summed E-state index contributed by atoms with van der Waals surface area (Å²) in [4.78, 5) is 25.0. The standard InChI is InChI=1S/C12H24N4O2/c1-10(2)3-4-14-12(18)15-11(17)9-16-7-5-13-6-8-16/h10,13H,3-9H2,1-2H3,(H2,14,15,17,18). The topological polar surface area (TPSA) is 73.5 Å². The van der Waals surface area contributed by atoms with Crippen LogP contribution in [0.3, 0.4) is 0 Å². The first kappa shape index (κ1) is 14.9. The van der Waals surface area contributed by atoms with E-state index < -0.39 is 6.03 Å². The Morgan fingerprint density at radius 2 is 1.94 bits per heavy atom. The number of rotatable bonds is 5. The predicted molar refractivity (Wildman–Crippen MR) is 70.3 cm³/mol. The van der Waals surface area contributed by atoms with Crippen molar-refractivity contribution in [1.82, 2.24) is 20.9 Å². The zero-order valence-corrected chi connectivity index (χ0v) is 11.3. The molecule has 6 nitrogen and oxygen atoms in total. The van der Waals surface area contributed by atoms with Gasteiger partial charge >= 0.3 is 6.03 Å². The Hall–Kier alpha value is -1.14. The molecule has 0 aromatic rings. The van der Waals surface area contributed by atoms with Crippen LogP contribution in [-0.2, 0) is 4.79 Å². The molecule has 18 heavy (non-hydrogen) atoms. The number of hydrogen-bond donors (Lipinski definition) is 3. The molecule has 0 spiro atoms. The molecule has 0 radical (unpaired) electrons. The van der Waals surface area contributed by atoms with Gasteiger partial charge in [-0.05, 0) is 12.3 Å². The number of amides is 3. The number of piperazine rings is 1. The van der Waals surface area contributed by atoms with E-state index in [0.717, 1.165) is 32.6 Å². The smallest absolute Gasteiger partial charge is 0.321 e. The van der Waals surface area contributed by atoms with E-state index in [2.05, 4.69) is 29.8 Å². The summed E-state index contributed by atoms with van der Waals surface area (Å²) in [7, 11) is 0. The fourth-order valence-corrected chi connectivity index (χ4v) is 1.76. The zero-order chi connectivity index (χ0) is 13.4. The van der Waals surface area contributed by atoms with Gasteiger partial charge in [0.05, 0.1) is 6.54 Å². The Kier molecular flexibility index (Phi) is 6.67. The first-order valence-corrected chi connectivity index (χ1v) is 6.58. The second kappa shape index (κ2) is 8.05. The van der Waals surface area contributed by atoms with Crippen molar-refractivity contribution in [1.29, 1.82) is 0 Å². The zero-order valence-electron chi connectivity index (χ0n) is 11.3. The molecule has 1 fully saturated rings. The molecule has 1 rings (SSSR count). The lowest BCUT2D eigenvalue weighted by atomic mass is 10.1. The number of carbonyl (C=O) groups excluding carboxylic acids is 2. The van der Waals surface area contributed by atoms with Crippen LogP contribution in [0, 0.1) is 5.92 Å². The average Bonchev–Trinajstić information content (AvgIpc) is 2.29. The Bertz CT molecular complexity index is 275. The highest BCUT2D eigenvalue weighted by molar-refractivity contribution is 5.95. The maximum atomic E-state index is 11.6. The minimum atomic E-state index is -0.393. The lowest BCUT2D eigenvalue weighted by Crippen LogP contribution is -2.49. The second-order valence-electron chi connectivity index (χ2n) is 5.01. The molecule has 6 heteroatoms. The quantitative estimate of drug-likeness (QED) is 0.635. The van der Waals surface area contributed by atoms with Gasteiger partial charge in [-0.15, -0.1) is 0 Å². The number of hydrogen-bond acceptors (Lipinski definition) is 4. The summed E-state index contributed by atoms with van der Waals surface area (Å²) in [6.45, 7) is 8.57. The molecule has 104 valence electrons. The monoisotopic (exact) mass is 256 g/mol. The number of nitrogens with zero attached hydrogens (tertiary/aromatic N) is 1. The molecule has 0 aliphatic carbocycles. The van der Waals surface area contributed by atoms with Crippen molar-refractivity contribution in [2.45, 2.75) is 20.3 Å². The van der Waals surface area contributed by atoms with E-state index in [1.54, 1.807) is 0 Å². The first-order chi connectivity index (χ1) is 8.58. The van der Waals surface area contributed by atoms with Gasteiger partial charge in [0.2, 0.25) is 5.91 Å². The third-order valence-corrected chi connectivity index (χ3v) is 2.84. The molecular weight excluding hydrogens is 232 g/mol. The van der Waals surface area contributed by atoms with E-state index in [1.807, 2.05) is 4.90 Å². The average molecular weight is 256 g/mol. The SMILES string of the molecule is CC(C)CCNC(=O)NC(=O)CN1CCNCC1. The van der Waals surface area contributed by atoms with Crippen LogP contribution in [0.1, 0.15) is 20.3 Å². The van der Waals surface area contributed by atoms with Crippen LogP contribution in [-0.4, -0.2) is 56.1 Å². The summed E-state index contributed by atoms with van der Waals surface area (Å²) >= 11 is 0. The van der Waals surface area contributed by atoms with Crippen LogP contribution in [0.5, 0.6) is 0 Å². The van der Waals surface area contributed by atoms with Crippen molar-refractivity contribution < 1.29 is 9.59 Å². The lowest BCUT2D eigenvalue weighted by Gasteiger charge is -2.26. The Morgan fingerprint density at radius 3 is 2.56 bits per heavy atom. The maximum Gasteiger partial charge on any atom is 0.321 e. The molecule has 1 aliphatic heterocycles. The van der Waals surface area contributed by atoms with Gasteiger partial charge in [0, 0.05) is 32.7 Å². The number of nitrogens with one attached hydrogen (secondary N) is 3. The van der Waals surface area contributed by atoms with E-state index in [1.165, 1.54) is 0 Å². The van der Waals surface area contributed by atoms with Crippen molar-refractivity contribution >= 4 is 11.9 Å². The van der Waals surface area contributed by atoms with Gasteiger partial charge in [-0.25, -0.2) is 4.79 Å². The highest BCUT2D eigenvalue weighted by atomic mass is 16.2. The molecule has 3 amide bonds. The van der Waals surface area contributed by atoms with Crippen molar-refractivity contribution in [2.75, 3.05) is 39.3 Å². The van der Waals surface area contributed by atoms with Crippen LogP contribution in [0.4, 0.5) is 4.79 Å². The van der Waals surface area contributed by atoms with Gasteiger partial charge < -0.3 is 10.6 Å². The Labute approximate surface area is 108 Å². The highest BCUT2D eigenvalue weighted by Crippen LogP contribution is 1.96. The van der Waals surface area contributed by atoms with Crippen molar-refractivity contribution in [3.8, 4) is 0 Å². The van der Waals surface area contributed by atoms with Crippen LogP contribution in [0.15, 0.2) is 0 Å². The summed E-state index contributed by atoms with van der Waals surface area (Å²) in [5, 5.41) is 8.24. The van der Waals surface area contributed by atoms with Gasteiger partial charge in [-0.3, -0.25) is 15.0 Å². The van der Waals surface area contributed by atoms with Crippen molar-refractivity contribution in [2.24, 2.45) is 5.92 Å². The predicted octanol–water partition coefficient (Wildman–Crippen LogP) is -0.236. The molecule has 1 heterocycles. The summed E-state index contributed by atoms with van der Waals surface area (Å²) in [5.74, 6) is 0.306. The van der Waals surface area contributed by atoms with Crippen LogP contribution >= 0.6 is 0 Å². The Morgan fingerprint density at radius 1 is 1.28 bits per heavy atom. The summed E-state index contributed by atoms with van der Waals surface area (Å²) in [5.41, 5.74) is 0. The van der Waals surface area contributed by atoms with Gasteiger partial charge in [0.25, 0.3) is 0 Å². The third-order valence-electron chi connectivity index (χ3n) is 2.84. The van der Waals surface area contributed by atoms with Gasteiger partial charge in [0.15, 0.2) is 0 Å². The van der Waals surface area contributed by atoms with E-state index in [-0.39, 0.29) is 5.91 Å². The van der Waals surface area contributed by atoms with Crippen LogP contribution in [0.2, 0.25) is 0 Å².